The molecule has 2 rings (SSSR count). The number of rotatable bonds is 2. The first-order valence-electron chi connectivity index (χ1n) is 5.02. The number of aromatic nitrogens is 1. The zero-order valence-electron chi connectivity index (χ0n) is 9.21. The van der Waals surface area contributed by atoms with Crippen molar-refractivity contribution in [3.8, 4) is 6.07 Å². The summed E-state index contributed by atoms with van der Waals surface area (Å²) >= 11 is 0. The number of nitrogens with zero attached hydrogens (tertiary/aromatic N) is 2. The van der Waals surface area contributed by atoms with Gasteiger partial charge < -0.3 is 9.67 Å². The van der Waals surface area contributed by atoms with Crippen LogP contribution in [0.4, 0.5) is 0 Å². The molecule has 0 radical (unpaired) electrons. The minimum Gasteiger partial charge on any atom is -0.478 e. The van der Waals surface area contributed by atoms with Gasteiger partial charge in [0.15, 0.2) is 0 Å². The summed E-state index contributed by atoms with van der Waals surface area (Å²) in [6.45, 7) is 0. The molecule has 1 aromatic carbocycles. The van der Waals surface area contributed by atoms with E-state index in [0.717, 1.165) is 22.5 Å². The molecule has 2 aromatic rings. The van der Waals surface area contributed by atoms with E-state index in [1.807, 2.05) is 23.9 Å². The van der Waals surface area contributed by atoms with Crippen LogP contribution in [0, 0.1) is 11.3 Å². The lowest BCUT2D eigenvalue weighted by Crippen LogP contribution is -1.85. The van der Waals surface area contributed by atoms with E-state index in [4.69, 9.17) is 10.4 Å². The van der Waals surface area contributed by atoms with E-state index in [0.29, 0.717) is 5.56 Å². The van der Waals surface area contributed by atoms with Crippen LogP contribution in [0.25, 0.3) is 17.0 Å². The molecule has 17 heavy (non-hydrogen) atoms. The van der Waals surface area contributed by atoms with Crippen LogP contribution in [0.1, 0.15) is 11.1 Å². The number of aliphatic carboxylic acids is 1. The maximum Gasteiger partial charge on any atom is 0.328 e. The van der Waals surface area contributed by atoms with Gasteiger partial charge in [-0.2, -0.15) is 5.26 Å². The zero-order chi connectivity index (χ0) is 12.4. The second-order valence-electron chi connectivity index (χ2n) is 3.71. The molecule has 0 aliphatic heterocycles. The SMILES string of the molecule is Cn1cc(/C=C\C(=O)O)c2cc(C#N)ccc21. The molecule has 1 aromatic heterocycles. The molecule has 0 aliphatic rings. The number of benzene rings is 1. The van der Waals surface area contributed by atoms with Crippen molar-refractivity contribution < 1.29 is 9.90 Å². The lowest BCUT2D eigenvalue weighted by molar-refractivity contribution is -0.131. The number of carboxylic acid groups (broad SMARTS) is 1. The van der Waals surface area contributed by atoms with Crippen LogP contribution in [0.2, 0.25) is 0 Å². The summed E-state index contributed by atoms with van der Waals surface area (Å²) < 4.78 is 1.90. The van der Waals surface area contributed by atoms with E-state index < -0.39 is 5.97 Å². The Hall–Kier alpha value is -2.54. The van der Waals surface area contributed by atoms with Crippen LogP contribution in [-0.4, -0.2) is 15.6 Å². The van der Waals surface area contributed by atoms with E-state index in [2.05, 4.69) is 6.07 Å². The topological polar surface area (TPSA) is 66.0 Å². The third-order valence-corrected chi connectivity index (χ3v) is 2.55. The first-order valence-corrected chi connectivity index (χ1v) is 5.02. The molecule has 4 heteroatoms. The lowest BCUT2D eigenvalue weighted by Gasteiger charge is -1.95. The normalized spacial score (nSPS) is 10.8. The number of hydrogen-bond acceptors (Lipinski definition) is 2. The molecular formula is C13H10N2O2. The Balaban J connectivity index is 2.64. The highest BCUT2D eigenvalue weighted by atomic mass is 16.4. The van der Waals surface area contributed by atoms with Gasteiger partial charge in [-0.1, -0.05) is 0 Å². The van der Waals surface area contributed by atoms with Gasteiger partial charge in [-0.25, -0.2) is 4.79 Å². The number of fused-ring (bicyclic) bond motifs is 1. The molecule has 0 fully saturated rings. The minimum absolute atomic E-state index is 0.564. The van der Waals surface area contributed by atoms with E-state index in [-0.39, 0.29) is 0 Å². The summed E-state index contributed by atoms with van der Waals surface area (Å²) in [4.78, 5) is 10.5. The number of nitriles is 1. The fraction of sp³-hybridized carbons (Fsp3) is 0.0769. The average Bonchev–Trinajstić information content (AvgIpc) is 2.63. The minimum atomic E-state index is -0.988. The van der Waals surface area contributed by atoms with Crippen LogP contribution in [0.3, 0.4) is 0 Å². The van der Waals surface area contributed by atoms with Crippen molar-refractivity contribution in [2.45, 2.75) is 0 Å². The van der Waals surface area contributed by atoms with Crippen molar-refractivity contribution >= 4 is 22.9 Å². The first-order chi connectivity index (χ1) is 8.11. The summed E-state index contributed by atoms with van der Waals surface area (Å²) in [5.41, 5.74) is 2.32. The van der Waals surface area contributed by atoms with Gasteiger partial charge in [-0.05, 0) is 24.3 Å². The molecule has 1 N–H and O–H groups in total. The van der Waals surface area contributed by atoms with Gasteiger partial charge in [-0.3, -0.25) is 0 Å². The summed E-state index contributed by atoms with van der Waals surface area (Å²) in [7, 11) is 1.88. The monoisotopic (exact) mass is 226 g/mol. The van der Waals surface area contributed by atoms with E-state index in [1.165, 1.54) is 6.08 Å². The van der Waals surface area contributed by atoms with E-state index in [1.54, 1.807) is 12.1 Å². The van der Waals surface area contributed by atoms with Crippen molar-refractivity contribution in [1.82, 2.24) is 4.57 Å². The maximum absolute atomic E-state index is 10.5. The molecule has 0 amide bonds. The molecule has 0 atom stereocenters. The highest BCUT2D eigenvalue weighted by Gasteiger charge is 2.05. The van der Waals surface area contributed by atoms with Crippen molar-refractivity contribution in [2.75, 3.05) is 0 Å². The fourth-order valence-corrected chi connectivity index (χ4v) is 1.79. The summed E-state index contributed by atoms with van der Waals surface area (Å²) in [6, 6.07) is 7.43. The third-order valence-electron chi connectivity index (χ3n) is 2.55. The van der Waals surface area contributed by atoms with Crippen LogP contribution in [-0.2, 0) is 11.8 Å². The van der Waals surface area contributed by atoms with Crippen molar-refractivity contribution in [1.29, 1.82) is 5.26 Å². The van der Waals surface area contributed by atoms with Gasteiger partial charge in [0.2, 0.25) is 0 Å². The average molecular weight is 226 g/mol. The third kappa shape index (κ3) is 2.04. The second-order valence-corrected chi connectivity index (χ2v) is 3.71. The number of carboxylic acids is 1. The van der Waals surface area contributed by atoms with Crippen LogP contribution in [0.15, 0.2) is 30.5 Å². The largest absolute Gasteiger partial charge is 0.478 e. The highest BCUT2D eigenvalue weighted by molar-refractivity contribution is 5.94. The van der Waals surface area contributed by atoms with E-state index in [9.17, 15) is 4.79 Å². The zero-order valence-corrected chi connectivity index (χ0v) is 9.21. The van der Waals surface area contributed by atoms with Crippen LogP contribution < -0.4 is 0 Å². The number of aryl methyl sites for hydroxylation is 1. The Kier molecular flexibility index (Phi) is 2.67. The lowest BCUT2D eigenvalue weighted by atomic mass is 10.1. The summed E-state index contributed by atoms with van der Waals surface area (Å²) in [5.74, 6) is -0.988. The second kappa shape index (κ2) is 4.14. The molecule has 0 saturated heterocycles. The first kappa shape index (κ1) is 11.0. The Labute approximate surface area is 98.0 Å². The van der Waals surface area contributed by atoms with E-state index >= 15 is 0 Å². The molecule has 0 unspecified atom stereocenters. The number of carbonyl (C=O) groups is 1. The molecule has 0 aliphatic carbocycles. The van der Waals surface area contributed by atoms with Crippen LogP contribution in [0.5, 0.6) is 0 Å². The quantitative estimate of drug-likeness (QED) is 0.798. The molecule has 4 nitrogen and oxygen atoms in total. The van der Waals surface area contributed by atoms with Gasteiger partial charge in [-0.15, -0.1) is 0 Å². The van der Waals surface area contributed by atoms with Gasteiger partial charge in [0, 0.05) is 35.8 Å². The van der Waals surface area contributed by atoms with Crippen molar-refractivity contribution in [2.24, 2.45) is 7.05 Å². The molecule has 1 heterocycles. The molecular weight excluding hydrogens is 216 g/mol. The highest BCUT2D eigenvalue weighted by Crippen LogP contribution is 2.23. The molecule has 0 bridgehead atoms. The Bertz CT molecular complexity index is 660. The molecule has 0 saturated carbocycles. The maximum atomic E-state index is 10.5. The Morgan fingerprint density at radius 1 is 1.53 bits per heavy atom. The number of hydrogen-bond donors (Lipinski definition) is 1. The summed E-state index contributed by atoms with van der Waals surface area (Å²) in [5, 5.41) is 18.3. The smallest absolute Gasteiger partial charge is 0.328 e. The van der Waals surface area contributed by atoms with Crippen molar-refractivity contribution in [3.63, 3.8) is 0 Å². The Morgan fingerprint density at radius 2 is 2.29 bits per heavy atom. The predicted molar refractivity (Wildman–Crippen MR) is 64.3 cm³/mol. The summed E-state index contributed by atoms with van der Waals surface area (Å²) in [6.07, 6.45) is 4.46. The fourth-order valence-electron chi connectivity index (χ4n) is 1.79. The van der Waals surface area contributed by atoms with Crippen LogP contribution >= 0.6 is 0 Å². The standard InChI is InChI=1S/C13H10N2O2/c1-15-8-10(3-5-13(16)17)11-6-9(7-14)2-4-12(11)15/h2-6,8H,1H3,(H,16,17)/b5-3-. The van der Waals surface area contributed by atoms with Gasteiger partial charge in [0.25, 0.3) is 0 Å². The van der Waals surface area contributed by atoms with Gasteiger partial charge in [0.05, 0.1) is 11.6 Å². The van der Waals surface area contributed by atoms with Gasteiger partial charge in [0.1, 0.15) is 0 Å². The van der Waals surface area contributed by atoms with Gasteiger partial charge >= 0.3 is 5.97 Å². The molecule has 84 valence electrons. The molecule has 0 spiro atoms. The Morgan fingerprint density at radius 3 is 2.94 bits per heavy atom. The van der Waals surface area contributed by atoms with Crippen molar-refractivity contribution in [3.05, 3.63) is 41.6 Å². The predicted octanol–water partition coefficient (Wildman–Crippen LogP) is 2.15.